The van der Waals surface area contributed by atoms with Crippen LogP contribution in [0.5, 0.6) is 0 Å². The van der Waals surface area contributed by atoms with Gasteiger partial charge in [0.1, 0.15) is 16.9 Å². The van der Waals surface area contributed by atoms with Crippen LogP contribution in [0.4, 0.5) is 11.8 Å². The minimum absolute atomic E-state index is 0.0274. The number of fused-ring (bicyclic) bond motifs is 2. The number of aromatic nitrogens is 3. The highest BCUT2D eigenvalue weighted by molar-refractivity contribution is 7.21. The molecule has 10 nitrogen and oxygen atoms in total. The Morgan fingerprint density at radius 1 is 1.21 bits per heavy atom. The summed E-state index contributed by atoms with van der Waals surface area (Å²) in [6, 6.07) is 7.92. The summed E-state index contributed by atoms with van der Waals surface area (Å²) in [5.41, 5.74) is 2.55. The van der Waals surface area contributed by atoms with Crippen LogP contribution in [0.3, 0.4) is 0 Å². The molecule has 1 aliphatic heterocycles. The van der Waals surface area contributed by atoms with Gasteiger partial charge in [0.25, 0.3) is 0 Å². The number of rotatable bonds is 10. The van der Waals surface area contributed by atoms with E-state index in [-0.39, 0.29) is 36.7 Å². The predicted molar refractivity (Wildman–Crippen MR) is 146 cm³/mol. The Morgan fingerprint density at radius 3 is 2.76 bits per heavy atom. The molecule has 4 atom stereocenters. The van der Waals surface area contributed by atoms with Gasteiger partial charge in [0, 0.05) is 25.5 Å². The smallest absolute Gasteiger partial charge is 0.305 e. The second-order valence-electron chi connectivity index (χ2n) is 10.2. The molecule has 1 aromatic carbocycles. The molecule has 0 spiro atoms. The summed E-state index contributed by atoms with van der Waals surface area (Å²) in [6.45, 7) is 8.48. The molecule has 11 heteroatoms. The SMILES string of the molecule is CCOC(=O)CCCNc1nc(C)c(-c2nc3ccccc3s2)c(N[C@@H]2C[C@H](CO)[C@H]3OC(C)(C)O[C@H]32)n1. The quantitative estimate of drug-likeness (QED) is 0.255. The first-order valence-corrected chi connectivity index (χ1v) is 14.0. The molecule has 3 aromatic rings. The molecule has 3 heterocycles. The number of nitrogens with one attached hydrogen (secondary N) is 2. The van der Waals surface area contributed by atoms with Crippen LogP contribution in [0.2, 0.25) is 0 Å². The van der Waals surface area contributed by atoms with Gasteiger partial charge in [-0.15, -0.1) is 11.3 Å². The monoisotopic (exact) mass is 541 g/mol. The largest absolute Gasteiger partial charge is 0.466 e. The van der Waals surface area contributed by atoms with Crippen LogP contribution in [0.25, 0.3) is 20.8 Å². The van der Waals surface area contributed by atoms with E-state index in [1.807, 2.05) is 39.0 Å². The maximum absolute atomic E-state index is 11.7. The molecule has 0 radical (unpaired) electrons. The van der Waals surface area contributed by atoms with E-state index in [0.29, 0.717) is 44.2 Å². The van der Waals surface area contributed by atoms with E-state index in [0.717, 1.165) is 26.5 Å². The van der Waals surface area contributed by atoms with Crippen molar-refractivity contribution in [2.24, 2.45) is 5.92 Å². The van der Waals surface area contributed by atoms with Crippen molar-refractivity contribution in [3.63, 3.8) is 0 Å². The summed E-state index contributed by atoms with van der Waals surface area (Å²) in [6.07, 6.45) is 1.21. The molecule has 0 bridgehead atoms. The van der Waals surface area contributed by atoms with E-state index in [4.69, 9.17) is 29.2 Å². The number of anilines is 2. The topological polar surface area (TPSA) is 128 Å². The molecule has 1 aliphatic carbocycles. The van der Waals surface area contributed by atoms with Gasteiger partial charge in [-0.25, -0.2) is 9.97 Å². The Kier molecular flexibility index (Phi) is 7.80. The molecule has 2 aliphatic rings. The van der Waals surface area contributed by atoms with Crippen molar-refractivity contribution < 1.29 is 24.1 Å². The Hall–Kier alpha value is -2.86. The Labute approximate surface area is 226 Å². The molecular formula is C27H35N5O5S. The van der Waals surface area contributed by atoms with Gasteiger partial charge in [0.15, 0.2) is 5.79 Å². The predicted octanol–water partition coefficient (Wildman–Crippen LogP) is 4.13. The van der Waals surface area contributed by atoms with Gasteiger partial charge in [-0.2, -0.15) is 4.98 Å². The number of thiazole rings is 1. The number of esters is 1. The van der Waals surface area contributed by atoms with Crippen molar-refractivity contribution in [3.8, 4) is 10.6 Å². The molecule has 204 valence electrons. The Morgan fingerprint density at radius 2 is 2.00 bits per heavy atom. The fraction of sp³-hybridized carbons (Fsp3) is 0.556. The van der Waals surface area contributed by atoms with Crippen LogP contribution in [0, 0.1) is 12.8 Å². The van der Waals surface area contributed by atoms with Crippen molar-refractivity contribution in [1.82, 2.24) is 15.0 Å². The summed E-state index contributed by atoms with van der Waals surface area (Å²) in [5, 5.41) is 17.7. The standard InChI is InChI=1S/C27H35N5O5S/c1-5-35-20(34)11-8-12-28-26-29-15(2)21(25-31-17-9-6-7-10-19(17)38-25)24(32-26)30-18-13-16(14-33)22-23(18)37-27(3,4)36-22/h6-7,9-10,16,18,22-23,33H,5,8,11-14H2,1-4H3,(H2,28,29,30,32)/t16-,18-,22-,23+/m1/s1. The number of carbonyl (C=O) groups excluding carboxylic acids is 1. The van der Waals surface area contributed by atoms with Gasteiger partial charge in [-0.05, 0) is 52.7 Å². The average Bonchev–Trinajstić information content (AvgIpc) is 3.52. The number of aliphatic hydroxyl groups excluding tert-OH is 1. The van der Waals surface area contributed by atoms with E-state index >= 15 is 0 Å². The Bertz CT molecular complexity index is 1270. The zero-order valence-corrected chi connectivity index (χ0v) is 23.0. The normalized spacial score (nSPS) is 23.9. The summed E-state index contributed by atoms with van der Waals surface area (Å²) in [5.74, 6) is 0.159. The fourth-order valence-electron chi connectivity index (χ4n) is 5.24. The highest BCUT2D eigenvalue weighted by Crippen LogP contribution is 2.44. The third-order valence-electron chi connectivity index (χ3n) is 6.88. The van der Waals surface area contributed by atoms with Crippen LogP contribution in [0.1, 0.15) is 45.7 Å². The molecule has 5 rings (SSSR count). The fourth-order valence-corrected chi connectivity index (χ4v) is 6.30. The number of aryl methyl sites for hydroxylation is 1. The van der Waals surface area contributed by atoms with Crippen molar-refractivity contribution in [2.45, 2.75) is 71.0 Å². The minimum atomic E-state index is -0.716. The van der Waals surface area contributed by atoms with E-state index in [1.54, 1.807) is 18.3 Å². The first-order chi connectivity index (χ1) is 18.3. The number of benzene rings is 1. The zero-order chi connectivity index (χ0) is 26.9. The second kappa shape index (κ2) is 11.1. The van der Waals surface area contributed by atoms with Crippen LogP contribution in [-0.2, 0) is 19.0 Å². The average molecular weight is 542 g/mol. The number of hydrogen-bond donors (Lipinski definition) is 3. The second-order valence-corrected chi connectivity index (χ2v) is 11.2. The third-order valence-corrected chi connectivity index (χ3v) is 7.94. The molecule has 2 fully saturated rings. The van der Waals surface area contributed by atoms with Gasteiger partial charge in [-0.1, -0.05) is 12.1 Å². The van der Waals surface area contributed by atoms with Crippen molar-refractivity contribution in [2.75, 3.05) is 30.4 Å². The van der Waals surface area contributed by atoms with E-state index in [9.17, 15) is 9.90 Å². The van der Waals surface area contributed by atoms with Gasteiger partial charge in [-0.3, -0.25) is 4.79 Å². The molecular weight excluding hydrogens is 506 g/mol. The van der Waals surface area contributed by atoms with Crippen LogP contribution in [0.15, 0.2) is 24.3 Å². The zero-order valence-electron chi connectivity index (χ0n) is 22.2. The van der Waals surface area contributed by atoms with Gasteiger partial charge in [0.05, 0.1) is 40.2 Å². The highest BCUT2D eigenvalue weighted by Gasteiger charge is 2.54. The molecule has 3 N–H and O–H groups in total. The maximum atomic E-state index is 11.7. The molecule has 38 heavy (non-hydrogen) atoms. The number of ether oxygens (including phenoxy) is 3. The molecule has 1 saturated carbocycles. The number of hydrogen-bond acceptors (Lipinski definition) is 11. The molecule has 2 aromatic heterocycles. The lowest BCUT2D eigenvalue weighted by Crippen LogP contribution is -2.35. The third kappa shape index (κ3) is 5.61. The Balaban J connectivity index is 1.44. The number of nitrogens with zero attached hydrogens (tertiary/aromatic N) is 3. The van der Waals surface area contributed by atoms with E-state index in [2.05, 4.69) is 16.7 Å². The van der Waals surface area contributed by atoms with Gasteiger partial charge in [0.2, 0.25) is 5.95 Å². The van der Waals surface area contributed by atoms with E-state index in [1.165, 1.54) is 0 Å². The van der Waals surface area contributed by atoms with E-state index < -0.39 is 5.79 Å². The summed E-state index contributed by atoms with van der Waals surface area (Å²) >= 11 is 1.60. The lowest BCUT2D eigenvalue weighted by atomic mass is 10.1. The van der Waals surface area contributed by atoms with Crippen molar-refractivity contribution in [3.05, 3.63) is 30.0 Å². The van der Waals surface area contributed by atoms with Crippen molar-refractivity contribution in [1.29, 1.82) is 0 Å². The minimum Gasteiger partial charge on any atom is -0.466 e. The van der Waals surface area contributed by atoms with Crippen LogP contribution in [-0.4, -0.2) is 69.8 Å². The molecule has 1 saturated heterocycles. The summed E-state index contributed by atoms with van der Waals surface area (Å²) in [4.78, 5) is 26.1. The van der Waals surface area contributed by atoms with Gasteiger partial charge < -0.3 is 30.0 Å². The van der Waals surface area contributed by atoms with Crippen LogP contribution >= 0.6 is 11.3 Å². The number of para-hydroxylation sites is 1. The number of carbonyl (C=O) groups is 1. The van der Waals surface area contributed by atoms with Crippen LogP contribution < -0.4 is 10.6 Å². The highest BCUT2D eigenvalue weighted by atomic mass is 32.1. The first kappa shape index (κ1) is 26.7. The summed E-state index contributed by atoms with van der Waals surface area (Å²) < 4.78 is 18.5. The maximum Gasteiger partial charge on any atom is 0.305 e. The lowest BCUT2D eigenvalue weighted by molar-refractivity contribution is -0.158. The summed E-state index contributed by atoms with van der Waals surface area (Å²) in [7, 11) is 0. The van der Waals surface area contributed by atoms with Crippen molar-refractivity contribution >= 4 is 39.3 Å². The van der Waals surface area contributed by atoms with Gasteiger partial charge >= 0.3 is 5.97 Å². The number of aliphatic hydroxyl groups is 1. The first-order valence-electron chi connectivity index (χ1n) is 13.1. The lowest BCUT2D eigenvalue weighted by Gasteiger charge is -2.25. The molecule has 0 amide bonds. The molecule has 0 unspecified atom stereocenters.